The Morgan fingerprint density at radius 3 is 2.48 bits per heavy atom. The van der Waals surface area contributed by atoms with Gasteiger partial charge in [0.15, 0.2) is 0 Å². The van der Waals surface area contributed by atoms with Crippen LogP contribution in [-0.4, -0.2) is 21.0 Å². The molecule has 0 amide bonds. The quantitative estimate of drug-likeness (QED) is 0.565. The van der Waals surface area contributed by atoms with E-state index in [4.69, 9.17) is 4.98 Å². The van der Waals surface area contributed by atoms with Crippen molar-refractivity contribution in [2.45, 2.75) is 0 Å². The van der Waals surface area contributed by atoms with E-state index in [1.807, 2.05) is 54.6 Å². The topological polar surface area (TPSA) is 63.1 Å². The average molecular weight is 300 g/mol. The molecule has 0 bridgehead atoms. The van der Waals surface area contributed by atoms with Gasteiger partial charge in [-0.25, -0.2) is 9.78 Å². The molecular weight excluding hydrogens is 288 g/mol. The van der Waals surface area contributed by atoms with Gasteiger partial charge >= 0.3 is 5.97 Å². The first kappa shape index (κ1) is 13.4. The lowest BCUT2D eigenvalue weighted by atomic mass is 10.0. The fourth-order valence-corrected chi connectivity index (χ4v) is 2.78. The summed E-state index contributed by atoms with van der Waals surface area (Å²) in [6.07, 6.45) is 1.67. The van der Waals surface area contributed by atoms with E-state index in [2.05, 4.69) is 4.98 Å². The maximum atomic E-state index is 11.7. The summed E-state index contributed by atoms with van der Waals surface area (Å²) >= 11 is 0. The van der Waals surface area contributed by atoms with Crippen LogP contribution in [0.15, 0.2) is 66.9 Å². The van der Waals surface area contributed by atoms with Crippen LogP contribution in [-0.2, 0) is 0 Å². The van der Waals surface area contributed by atoms with Gasteiger partial charge in [-0.15, -0.1) is 0 Å². The van der Waals surface area contributed by atoms with Gasteiger partial charge in [-0.05, 0) is 23.6 Å². The first-order valence-corrected chi connectivity index (χ1v) is 7.21. The van der Waals surface area contributed by atoms with Gasteiger partial charge < -0.3 is 5.11 Å². The summed E-state index contributed by atoms with van der Waals surface area (Å²) in [4.78, 5) is 20.7. The van der Waals surface area contributed by atoms with E-state index in [-0.39, 0.29) is 5.56 Å². The number of aromatic nitrogens is 2. The fourth-order valence-electron chi connectivity index (χ4n) is 2.78. The van der Waals surface area contributed by atoms with Gasteiger partial charge in [0.25, 0.3) is 0 Å². The lowest BCUT2D eigenvalue weighted by Crippen LogP contribution is -2.01. The second kappa shape index (κ2) is 5.18. The Morgan fingerprint density at radius 1 is 0.870 bits per heavy atom. The van der Waals surface area contributed by atoms with Gasteiger partial charge in [0.2, 0.25) is 0 Å². The monoisotopic (exact) mass is 300 g/mol. The van der Waals surface area contributed by atoms with Gasteiger partial charge in [-0.1, -0.05) is 42.5 Å². The summed E-state index contributed by atoms with van der Waals surface area (Å²) in [7, 11) is 0. The number of carboxylic acid groups (broad SMARTS) is 1. The average Bonchev–Trinajstić information content (AvgIpc) is 2.61. The van der Waals surface area contributed by atoms with Crippen LogP contribution in [0.4, 0.5) is 0 Å². The van der Waals surface area contributed by atoms with E-state index in [1.165, 1.54) is 0 Å². The van der Waals surface area contributed by atoms with Crippen molar-refractivity contribution in [3.05, 3.63) is 72.4 Å². The second-order valence-corrected chi connectivity index (χ2v) is 5.26. The number of hydrogen-bond acceptors (Lipinski definition) is 3. The maximum absolute atomic E-state index is 11.7. The number of pyridine rings is 2. The Hall–Kier alpha value is -3.27. The Morgan fingerprint density at radius 2 is 1.70 bits per heavy atom. The molecule has 0 fully saturated rings. The zero-order chi connectivity index (χ0) is 15.8. The number of hydrogen-bond donors (Lipinski definition) is 1. The van der Waals surface area contributed by atoms with E-state index in [0.29, 0.717) is 22.3 Å². The normalized spacial score (nSPS) is 11.0. The smallest absolute Gasteiger partial charge is 0.336 e. The minimum atomic E-state index is -0.968. The molecule has 2 aromatic heterocycles. The highest BCUT2D eigenvalue weighted by Gasteiger charge is 2.15. The van der Waals surface area contributed by atoms with Crippen LogP contribution in [0.2, 0.25) is 0 Å². The molecule has 0 radical (unpaired) electrons. The molecule has 2 heterocycles. The highest BCUT2D eigenvalue weighted by atomic mass is 16.4. The van der Waals surface area contributed by atoms with Crippen molar-refractivity contribution < 1.29 is 9.90 Å². The standard InChI is InChI=1S/C19H12N2O2/c22-19(23)15-11-17(16-7-3-4-10-20-16)21-18-13-6-2-1-5-12(13)8-9-14(15)18/h1-11H,(H,22,23). The number of aromatic carboxylic acids is 1. The third kappa shape index (κ3) is 2.21. The third-order valence-electron chi connectivity index (χ3n) is 3.86. The molecule has 0 aliphatic rings. The molecule has 0 aliphatic carbocycles. The van der Waals surface area contributed by atoms with Crippen LogP contribution in [0.1, 0.15) is 10.4 Å². The molecule has 0 saturated carbocycles. The molecule has 2 aromatic carbocycles. The number of carboxylic acids is 1. The number of nitrogens with zero attached hydrogens (tertiary/aromatic N) is 2. The van der Waals surface area contributed by atoms with Crippen LogP contribution < -0.4 is 0 Å². The lowest BCUT2D eigenvalue weighted by molar-refractivity contribution is 0.0699. The zero-order valence-electron chi connectivity index (χ0n) is 12.1. The number of fused-ring (bicyclic) bond motifs is 3. The molecule has 0 unspecified atom stereocenters. The van der Waals surface area contributed by atoms with Crippen LogP contribution in [0, 0.1) is 0 Å². The molecule has 0 spiro atoms. The molecule has 1 N–H and O–H groups in total. The Labute approximate surface area is 132 Å². The number of carbonyl (C=O) groups is 1. The highest BCUT2D eigenvalue weighted by molar-refractivity contribution is 6.12. The van der Waals surface area contributed by atoms with Crippen LogP contribution in [0.25, 0.3) is 33.1 Å². The number of rotatable bonds is 2. The fraction of sp³-hybridized carbons (Fsp3) is 0. The maximum Gasteiger partial charge on any atom is 0.336 e. The number of benzene rings is 2. The summed E-state index contributed by atoms with van der Waals surface area (Å²) in [6, 6.07) is 18.7. The summed E-state index contributed by atoms with van der Waals surface area (Å²) in [5.74, 6) is -0.968. The molecule has 4 aromatic rings. The molecule has 0 saturated heterocycles. The van der Waals surface area contributed by atoms with Crippen molar-refractivity contribution >= 4 is 27.6 Å². The summed E-state index contributed by atoms with van der Waals surface area (Å²) in [6.45, 7) is 0. The van der Waals surface area contributed by atoms with Gasteiger partial charge in [0, 0.05) is 17.0 Å². The van der Waals surface area contributed by atoms with Crippen molar-refractivity contribution in [2.75, 3.05) is 0 Å². The zero-order valence-corrected chi connectivity index (χ0v) is 12.1. The van der Waals surface area contributed by atoms with E-state index < -0.39 is 5.97 Å². The SMILES string of the molecule is O=C(O)c1cc(-c2ccccn2)nc2c1ccc1ccccc12. The first-order chi connectivity index (χ1) is 11.2. The van der Waals surface area contributed by atoms with E-state index in [9.17, 15) is 9.90 Å². The minimum absolute atomic E-state index is 0.237. The van der Waals surface area contributed by atoms with E-state index in [0.717, 1.165) is 10.8 Å². The summed E-state index contributed by atoms with van der Waals surface area (Å²) in [5.41, 5.74) is 2.14. The van der Waals surface area contributed by atoms with Crippen LogP contribution in [0.5, 0.6) is 0 Å². The van der Waals surface area contributed by atoms with E-state index >= 15 is 0 Å². The predicted molar refractivity (Wildman–Crippen MR) is 89.4 cm³/mol. The molecule has 110 valence electrons. The van der Waals surface area contributed by atoms with E-state index in [1.54, 1.807) is 12.3 Å². The van der Waals surface area contributed by atoms with Gasteiger partial charge in [-0.3, -0.25) is 4.98 Å². The Bertz CT molecular complexity index is 1040. The predicted octanol–water partition coefficient (Wildman–Crippen LogP) is 4.15. The lowest BCUT2D eigenvalue weighted by Gasteiger charge is -2.09. The molecule has 4 rings (SSSR count). The molecule has 0 atom stereocenters. The van der Waals surface area contributed by atoms with Crippen LogP contribution in [0.3, 0.4) is 0 Å². The first-order valence-electron chi connectivity index (χ1n) is 7.21. The van der Waals surface area contributed by atoms with Gasteiger partial charge in [-0.2, -0.15) is 0 Å². The van der Waals surface area contributed by atoms with Gasteiger partial charge in [0.1, 0.15) is 0 Å². The van der Waals surface area contributed by atoms with Crippen molar-refractivity contribution in [1.82, 2.24) is 9.97 Å². The van der Waals surface area contributed by atoms with Crippen molar-refractivity contribution in [3.63, 3.8) is 0 Å². The molecular formula is C19H12N2O2. The third-order valence-corrected chi connectivity index (χ3v) is 3.86. The summed E-state index contributed by atoms with van der Waals surface area (Å²) in [5, 5.41) is 12.2. The van der Waals surface area contributed by atoms with Crippen molar-refractivity contribution in [2.24, 2.45) is 0 Å². The second-order valence-electron chi connectivity index (χ2n) is 5.26. The van der Waals surface area contributed by atoms with Gasteiger partial charge in [0.05, 0.1) is 22.5 Å². The summed E-state index contributed by atoms with van der Waals surface area (Å²) < 4.78 is 0. The Balaban J connectivity index is 2.14. The molecule has 4 nitrogen and oxygen atoms in total. The Kier molecular flexibility index (Phi) is 3.01. The van der Waals surface area contributed by atoms with Crippen molar-refractivity contribution in [1.29, 1.82) is 0 Å². The van der Waals surface area contributed by atoms with Crippen LogP contribution >= 0.6 is 0 Å². The highest BCUT2D eigenvalue weighted by Crippen LogP contribution is 2.29. The van der Waals surface area contributed by atoms with Crippen molar-refractivity contribution in [3.8, 4) is 11.4 Å². The molecule has 4 heteroatoms. The largest absolute Gasteiger partial charge is 0.478 e. The minimum Gasteiger partial charge on any atom is -0.478 e. The molecule has 0 aliphatic heterocycles. The molecule has 23 heavy (non-hydrogen) atoms.